The third-order valence-electron chi connectivity index (χ3n) is 5.74. The summed E-state index contributed by atoms with van der Waals surface area (Å²) in [6.45, 7) is 0. The van der Waals surface area contributed by atoms with Crippen LogP contribution in [0.1, 0.15) is 11.1 Å². The normalized spacial score (nSPS) is 19.2. The van der Waals surface area contributed by atoms with E-state index in [0.717, 1.165) is 15.6 Å². The molecule has 0 aromatic heterocycles. The molecule has 0 saturated carbocycles. The highest BCUT2D eigenvalue weighted by Gasteiger charge is 2.50. The average Bonchev–Trinajstić information content (AvgIpc) is 3.11. The van der Waals surface area contributed by atoms with E-state index in [2.05, 4.69) is 15.9 Å². The van der Waals surface area contributed by atoms with Crippen LogP contribution in [-0.4, -0.2) is 14.2 Å². The predicted molar refractivity (Wildman–Crippen MR) is 130 cm³/mol. The maximum atomic E-state index is 14.0. The zero-order valence-corrected chi connectivity index (χ0v) is 19.3. The number of fused-ring (bicyclic) bond motifs is 2. The van der Waals surface area contributed by atoms with Crippen LogP contribution in [-0.2, 0) is 20.2 Å². The molecule has 4 nitrogen and oxygen atoms in total. The third kappa shape index (κ3) is 3.10. The van der Waals surface area contributed by atoms with Crippen molar-refractivity contribution in [1.82, 2.24) is 0 Å². The van der Waals surface area contributed by atoms with E-state index in [-0.39, 0.29) is 10.7 Å². The molecule has 0 bridgehead atoms. The number of rotatable bonds is 4. The molecule has 0 fully saturated rings. The van der Waals surface area contributed by atoms with Gasteiger partial charge in [0.15, 0.2) is 5.78 Å². The van der Waals surface area contributed by atoms with Gasteiger partial charge in [0.1, 0.15) is 5.41 Å². The van der Waals surface area contributed by atoms with E-state index in [4.69, 9.17) is 0 Å². The van der Waals surface area contributed by atoms with Crippen molar-refractivity contribution in [3.8, 4) is 0 Å². The van der Waals surface area contributed by atoms with E-state index in [1.165, 1.54) is 10.4 Å². The van der Waals surface area contributed by atoms with Gasteiger partial charge in [0, 0.05) is 4.47 Å². The van der Waals surface area contributed by atoms with Gasteiger partial charge in [-0.05, 0) is 59.7 Å². The van der Waals surface area contributed by atoms with Crippen molar-refractivity contribution < 1.29 is 13.2 Å². The van der Waals surface area contributed by atoms with Crippen LogP contribution < -0.4 is 4.31 Å². The van der Waals surface area contributed by atoms with Gasteiger partial charge < -0.3 is 0 Å². The molecule has 3 aromatic rings. The van der Waals surface area contributed by atoms with Crippen LogP contribution in [0.3, 0.4) is 0 Å². The zero-order chi connectivity index (χ0) is 22.3. The minimum Gasteiger partial charge on any atom is -0.293 e. The number of sulfonamides is 1. The van der Waals surface area contributed by atoms with E-state index in [1.54, 1.807) is 72.8 Å². The Morgan fingerprint density at radius 2 is 1.50 bits per heavy atom. The molecule has 1 atom stereocenters. The number of carbonyl (C=O) groups is 1. The van der Waals surface area contributed by atoms with Gasteiger partial charge in [0.2, 0.25) is 0 Å². The molecule has 0 heterocycles. The summed E-state index contributed by atoms with van der Waals surface area (Å²) in [5.74, 6) is -0.178. The molecule has 32 heavy (non-hydrogen) atoms. The molecular weight excluding hydrogens is 486 g/mol. The molecule has 5 rings (SSSR count). The minimum atomic E-state index is -4.04. The van der Waals surface area contributed by atoms with E-state index >= 15 is 0 Å². The lowest BCUT2D eigenvalue weighted by Gasteiger charge is -2.36. The van der Waals surface area contributed by atoms with Gasteiger partial charge >= 0.3 is 0 Å². The second-order valence-electron chi connectivity index (χ2n) is 7.57. The van der Waals surface area contributed by atoms with Gasteiger partial charge in [0.05, 0.1) is 16.3 Å². The smallest absolute Gasteiger partial charge is 0.268 e. The summed E-state index contributed by atoms with van der Waals surface area (Å²) >= 11 is 3.36. The van der Waals surface area contributed by atoms with Crippen molar-refractivity contribution in [3.63, 3.8) is 0 Å². The fourth-order valence-electron chi connectivity index (χ4n) is 4.27. The first-order valence-corrected chi connectivity index (χ1v) is 12.3. The second-order valence-corrected chi connectivity index (χ2v) is 10.3. The highest BCUT2D eigenvalue weighted by atomic mass is 79.9. The molecule has 0 N–H and O–H groups in total. The first-order valence-electron chi connectivity index (χ1n) is 10.0. The van der Waals surface area contributed by atoms with Crippen molar-refractivity contribution in [3.05, 3.63) is 124 Å². The number of halogens is 1. The number of nitrogens with zero attached hydrogens (tertiary/aromatic N) is 1. The average molecular weight is 504 g/mol. The molecule has 0 aliphatic heterocycles. The van der Waals surface area contributed by atoms with E-state index in [1.807, 2.05) is 30.3 Å². The second kappa shape index (κ2) is 7.73. The summed E-state index contributed by atoms with van der Waals surface area (Å²) in [7, 11) is -4.04. The van der Waals surface area contributed by atoms with Crippen LogP contribution in [0.2, 0.25) is 0 Å². The summed E-state index contributed by atoms with van der Waals surface area (Å²) in [5, 5.41) is 0. The summed E-state index contributed by atoms with van der Waals surface area (Å²) in [6, 6.07) is 22.9. The summed E-state index contributed by atoms with van der Waals surface area (Å²) in [6.07, 6.45) is 8.58. The summed E-state index contributed by atoms with van der Waals surface area (Å²) in [5.41, 5.74) is 1.22. The quantitative estimate of drug-likeness (QED) is 0.463. The monoisotopic (exact) mass is 503 g/mol. The van der Waals surface area contributed by atoms with Crippen LogP contribution in [0.25, 0.3) is 6.08 Å². The molecule has 0 saturated heterocycles. The lowest BCUT2D eigenvalue weighted by molar-refractivity contribution is -0.117. The first kappa shape index (κ1) is 20.7. The Hall–Kier alpha value is -3.22. The van der Waals surface area contributed by atoms with E-state index in [0.29, 0.717) is 11.4 Å². The molecule has 0 amide bonds. The maximum absolute atomic E-state index is 14.0. The zero-order valence-electron chi connectivity index (χ0n) is 16.9. The molecule has 3 aromatic carbocycles. The Morgan fingerprint density at radius 1 is 0.812 bits per heavy atom. The molecule has 0 unspecified atom stereocenters. The number of ketones is 1. The number of allylic oxidation sites excluding steroid dienone is 4. The highest BCUT2D eigenvalue weighted by Crippen LogP contribution is 2.49. The third-order valence-corrected chi connectivity index (χ3v) is 8.02. The minimum absolute atomic E-state index is 0.138. The van der Waals surface area contributed by atoms with Crippen LogP contribution in [0.4, 0.5) is 5.69 Å². The lowest BCUT2D eigenvalue weighted by Crippen LogP contribution is -2.44. The first-order chi connectivity index (χ1) is 15.4. The van der Waals surface area contributed by atoms with Gasteiger partial charge in [0.25, 0.3) is 10.0 Å². The highest BCUT2D eigenvalue weighted by molar-refractivity contribution is 9.10. The molecule has 0 radical (unpaired) electrons. The van der Waals surface area contributed by atoms with Crippen LogP contribution in [0, 0.1) is 0 Å². The molecule has 2 aliphatic rings. The Labute approximate surface area is 195 Å². The number of hydrogen-bond acceptors (Lipinski definition) is 3. The van der Waals surface area contributed by atoms with Crippen molar-refractivity contribution in [1.29, 1.82) is 0 Å². The number of benzene rings is 3. The fraction of sp³-hybridized carbons (Fsp3) is 0.0385. The van der Waals surface area contributed by atoms with Crippen LogP contribution in [0.15, 0.2) is 118 Å². The number of para-hydroxylation sites is 1. The maximum Gasteiger partial charge on any atom is 0.268 e. The Morgan fingerprint density at radius 3 is 2.22 bits per heavy atom. The van der Waals surface area contributed by atoms with Crippen LogP contribution >= 0.6 is 15.9 Å². The van der Waals surface area contributed by atoms with Gasteiger partial charge in [-0.3, -0.25) is 4.79 Å². The van der Waals surface area contributed by atoms with Gasteiger partial charge in [-0.1, -0.05) is 76.6 Å². The number of anilines is 1. The lowest BCUT2D eigenvalue weighted by atomic mass is 9.74. The standard InChI is InChI=1S/C26H18BrNO3S/c27-20-13-15-22(16-14-20)32(30,31)28(21-9-2-1-3-10-21)24-18-19-8-4-5-11-23(19)26(24)17-7-6-12-25(26)29/h1-18H/t26-/m1/s1. The van der Waals surface area contributed by atoms with Crippen molar-refractivity contribution in [2.24, 2.45) is 0 Å². The van der Waals surface area contributed by atoms with E-state index < -0.39 is 15.4 Å². The van der Waals surface area contributed by atoms with Gasteiger partial charge in [-0.15, -0.1) is 0 Å². The van der Waals surface area contributed by atoms with Crippen molar-refractivity contribution in [2.45, 2.75) is 10.3 Å². The Bertz CT molecular complexity index is 1410. The number of hydrogen-bond donors (Lipinski definition) is 0. The van der Waals surface area contributed by atoms with Gasteiger partial charge in [-0.25, -0.2) is 12.7 Å². The molecule has 158 valence electrons. The Kier molecular flexibility index (Phi) is 4.99. The topological polar surface area (TPSA) is 54.5 Å². The Balaban J connectivity index is 1.79. The molecule has 1 spiro atoms. The predicted octanol–water partition coefficient (Wildman–Crippen LogP) is 5.63. The fourth-order valence-corrected chi connectivity index (χ4v) is 6.08. The van der Waals surface area contributed by atoms with Crippen molar-refractivity contribution in [2.75, 3.05) is 4.31 Å². The van der Waals surface area contributed by atoms with E-state index in [9.17, 15) is 13.2 Å². The molecule has 6 heteroatoms. The largest absolute Gasteiger partial charge is 0.293 e. The SMILES string of the molecule is O=C1C=CC=C[C@@]12C(N(c1ccccc1)S(=O)(=O)c1ccc(Br)cc1)=Cc1ccccc12. The summed E-state index contributed by atoms with van der Waals surface area (Å²) < 4.78 is 30.1. The van der Waals surface area contributed by atoms with Gasteiger partial charge in [-0.2, -0.15) is 0 Å². The van der Waals surface area contributed by atoms with Crippen molar-refractivity contribution >= 4 is 43.5 Å². The molecular formula is C26H18BrNO3S. The number of carbonyl (C=O) groups excluding carboxylic acids is 1. The summed E-state index contributed by atoms with van der Waals surface area (Å²) in [4.78, 5) is 13.6. The molecule has 2 aliphatic carbocycles. The van der Waals surface area contributed by atoms with Crippen LogP contribution in [0.5, 0.6) is 0 Å².